The minimum absolute atomic E-state index is 0.0112. The molecule has 1 amide bonds. The zero-order valence-electron chi connectivity index (χ0n) is 11.5. The number of aromatic nitrogens is 2. The molecule has 0 aliphatic heterocycles. The molecule has 2 rings (SSSR count). The van der Waals surface area contributed by atoms with E-state index >= 15 is 0 Å². The van der Waals surface area contributed by atoms with Gasteiger partial charge in [-0.2, -0.15) is 5.10 Å². The molecule has 0 aliphatic carbocycles. The maximum Gasteiger partial charge on any atom is 0.230 e. The van der Waals surface area contributed by atoms with Crippen molar-refractivity contribution in [2.45, 2.75) is 19.9 Å². The molecule has 2 aromatic rings. The van der Waals surface area contributed by atoms with Crippen LogP contribution in [0.4, 0.5) is 5.82 Å². The van der Waals surface area contributed by atoms with Gasteiger partial charge in [-0.1, -0.05) is 22.0 Å². The molecule has 1 aromatic carbocycles. The van der Waals surface area contributed by atoms with Crippen molar-refractivity contribution < 1.29 is 15.0 Å². The zero-order valence-corrected chi connectivity index (χ0v) is 13.1. The van der Waals surface area contributed by atoms with Crippen LogP contribution in [0.1, 0.15) is 11.3 Å². The number of benzene rings is 1. The highest BCUT2D eigenvalue weighted by molar-refractivity contribution is 9.10. The summed E-state index contributed by atoms with van der Waals surface area (Å²) in [6.07, 6.45) is 0.0605. The van der Waals surface area contributed by atoms with Gasteiger partial charge in [-0.15, -0.1) is 0 Å². The Morgan fingerprint density at radius 3 is 2.86 bits per heavy atom. The molecule has 0 atom stereocenters. The number of hydrogen-bond donors (Lipinski definition) is 3. The predicted molar refractivity (Wildman–Crippen MR) is 82.2 cm³/mol. The van der Waals surface area contributed by atoms with Crippen LogP contribution in [0.2, 0.25) is 0 Å². The lowest BCUT2D eigenvalue weighted by atomic mass is 10.1. The van der Waals surface area contributed by atoms with Crippen molar-refractivity contribution >= 4 is 27.7 Å². The number of nitrogens with one attached hydrogen (secondary N) is 1. The fraction of sp³-hybridized carbons (Fsp3) is 0.286. The maximum absolute atomic E-state index is 12.0. The average Bonchev–Trinajstić information content (AvgIpc) is 2.73. The van der Waals surface area contributed by atoms with E-state index in [4.69, 9.17) is 5.11 Å². The van der Waals surface area contributed by atoms with Crippen LogP contribution in [-0.2, 0) is 17.8 Å². The molecule has 6 nitrogen and oxygen atoms in total. The number of anilines is 1. The van der Waals surface area contributed by atoms with E-state index in [1.165, 1.54) is 0 Å². The number of nitrogens with zero attached hydrogens (tertiary/aromatic N) is 2. The van der Waals surface area contributed by atoms with Crippen molar-refractivity contribution in [2.75, 3.05) is 11.9 Å². The van der Waals surface area contributed by atoms with Crippen molar-refractivity contribution in [3.8, 4) is 5.75 Å². The SMILES string of the molecule is Cc1cc(NC(=O)Cc2ccc(Br)cc2O)nn1CCO. The molecule has 0 radical (unpaired) electrons. The Labute approximate surface area is 130 Å². The largest absolute Gasteiger partial charge is 0.508 e. The second kappa shape index (κ2) is 6.73. The van der Waals surface area contributed by atoms with E-state index in [2.05, 4.69) is 26.3 Å². The second-order valence-corrected chi connectivity index (χ2v) is 5.53. The summed E-state index contributed by atoms with van der Waals surface area (Å²) in [6.45, 7) is 2.22. The minimum Gasteiger partial charge on any atom is -0.508 e. The van der Waals surface area contributed by atoms with E-state index in [9.17, 15) is 9.90 Å². The van der Waals surface area contributed by atoms with Crippen molar-refractivity contribution in [3.63, 3.8) is 0 Å². The highest BCUT2D eigenvalue weighted by atomic mass is 79.9. The topological polar surface area (TPSA) is 87.4 Å². The van der Waals surface area contributed by atoms with Gasteiger partial charge in [0.05, 0.1) is 19.6 Å². The van der Waals surface area contributed by atoms with E-state index in [-0.39, 0.29) is 24.7 Å². The number of hydrogen-bond acceptors (Lipinski definition) is 4. The average molecular weight is 354 g/mol. The van der Waals surface area contributed by atoms with Crippen LogP contribution in [0.15, 0.2) is 28.7 Å². The van der Waals surface area contributed by atoms with Crippen LogP contribution in [0.5, 0.6) is 5.75 Å². The molecule has 0 bridgehead atoms. The highest BCUT2D eigenvalue weighted by Gasteiger charge is 2.11. The normalized spacial score (nSPS) is 10.6. The fourth-order valence-corrected chi connectivity index (χ4v) is 2.29. The van der Waals surface area contributed by atoms with Crippen molar-refractivity contribution in [1.82, 2.24) is 9.78 Å². The monoisotopic (exact) mass is 353 g/mol. The summed E-state index contributed by atoms with van der Waals surface area (Å²) < 4.78 is 2.37. The molecule has 3 N–H and O–H groups in total. The number of phenolic OH excluding ortho intramolecular Hbond substituents is 1. The van der Waals surface area contributed by atoms with Crippen molar-refractivity contribution in [2.24, 2.45) is 0 Å². The summed E-state index contributed by atoms with van der Waals surface area (Å²) in [5.41, 5.74) is 1.40. The lowest BCUT2D eigenvalue weighted by Gasteiger charge is -2.05. The number of amides is 1. The lowest BCUT2D eigenvalue weighted by Crippen LogP contribution is -2.15. The molecule has 7 heteroatoms. The number of halogens is 1. The third kappa shape index (κ3) is 4.05. The standard InChI is InChI=1S/C14H16BrN3O3/c1-9-6-13(17-18(9)4-5-19)16-14(21)7-10-2-3-11(15)8-12(10)20/h2-3,6,8,19-20H,4-5,7H2,1H3,(H,16,17,21). The maximum atomic E-state index is 12.0. The van der Waals surface area contributed by atoms with Gasteiger partial charge >= 0.3 is 0 Å². The molecule has 112 valence electrons. The molecule has 1 aromatic heterocycles. The van der Waals surface area contributed by atoms with E-state index in [1.807, 2.05) is 6.92 Å². The molecule has 21 heavy (non-hydrogen) atoms. The summed E-state index contributed by atoms with van der Waals surface area (Å²) >= 11 is 3.25. The number of aliphatic hydroxyl groups excluding tert-OH is 1. The molecular weight excluding hydrogens is 338 g/mol. The zero-order chi connectivity index (χ0) is 15.4. The first-order chi connectivity index (χ1) is 9.99. The van der Waals surface area contributed by atoms with Crippen LogP contribution < -0.4 is 5.32 Å². The first-order valence-electron chi connectivity index (χ1n) is 6.42. The number of rotatable bonds is 5. The van der Waals surface area contributed by atoms with E-state index in [0.29, 0.717) is 17.9 Å². The van der Waals surface area contributed by atoms with E-state index < -0.39 is 0 Å². The fourth-order valence-electron chi connectivity index (χ4n) is 1.94. The number of phenols is 1. The Hall–Kier alpha value is -1.86. The van der Waals surface area contributed by atoms with Gasteiger partial charge in [-0.25, -0.2) is 0 Å². The number of aryl methyl sites for hydroxylation is 1. The van der Waals surface area contributed by atoms with Crippen LogP contribution in [0.3, 0.4) is 0 Å². The summed E-state index contributed by atoms with van der Waals surface area (Å²) in [5, 5.41) is 25.5. The van der Waals surface area contributed by atoms with Gasteiger partial charge in [0, 0.05) is 21.8 Å². The molecule has 0 unspecified atom stereocenters. The molecule has 1 heterocycles. The summed E-state index contributed by atoms with van der Waals surface area (Å²) in [7, 11) is 0. The van der Waals surface area contributed by atoms with Gasteiger partial charge in [0.25, 0.3) is 0 Å². The first-order valence-corrected chi connectivity index (χ1v) is 7.21. The van der Waals surface area contributed by atoms with Crippen LogP contribution in [-0.4, -0.2) is 32.5 Å². The highest BCUT2D eigenvalue weighted by Crippen LogP contribution is 2.23. The van der Waals surface area contributed by atoms with Crippen LogP contribution in [0, 0.1) is 6.92 Å². The van der Waals surface area contributed by atoms with Crippen molar-refractivity contribution in [1.29, 1.82) is 0 Å². The molecule has 0 spiro atoms. The van der Waals surface area contributed by atoms with Crippen LogP contribution in [0.25, 0.3) is 0 Å². The Bertz CT molecular complexity index is 655. The quantitative estimate of drug-likeness (QED) is 0.765. The molecule has 0 fully saturated rings. The Morgan fingerprint density at radius 2 is 2.19 bits per heavy atom. The summed E-state index contributed by atoms with van der Waals surface area (Å²) in [6, 6.07) is 6.73. The van der Waals surface area contributed by atoms with Gasteiger partial charge in [0.2, 0.25) is 5.91 Å². The van der Waals surface area contributed by atoms with Crippen LogP contribution >= 0.6 is 15.9 Å². The van der Waals surface area contributed by atoms with Gasteiger partial charge in [0.1, 0.15) is 5.75 Å². The molecular formula is C14H16BrN3O3. The van der Waals surface area contributed by atoms with Gasteiger partial charge < -0.3 is 15.5 Å². The second-order valence-electron chi connectivity index (χ2n) is 4.62. The number of carbonyl (C=O) groups is 1. The van der Waals surface area contributed by atoms with Gasteiger partial charge in [0.15, 0.2) is 5.82 Å². The third-order valence-electron chi connectivity index (χ3n) is 2.96. The summed E-state index contributed by atoms with van der Waals surface area (Å²) in [4.78, 5) is 12.0. The first kappa shape index (κ1) is 15.5. The Morgan fingerprint density at radius 1 is 1.43 bits per heavy atom. The van der Waals surface area contributed by atoms with E-state index in [0.717, 1.165) is 10.2 Å². The molecule has 0 saturated carbocycles. The van der Waals surface area contributed by atoms with Gasteiger partial charge in [-0.05, 0) is 19.1 Å². The predicted octanol–water partition coefficient (Wildman–Crippen LogP) is 1.83. The number of aromatic hydroxyl groups is 1. The molecule has 0 aliphatic rings. The van der Waals surface area contributed by atoms with Crippen molar-refractivity contribution in [3.05, 3.63) is 40.0 Å². The lowest BCUT2D eigenvalue weighted by molar-refractivity contribution is -0.115. The Balaban J connectivity index is 2.03. The summed E-state index contributed by atoms with van der Waals surface area (Å²) in [5.74, 6) is 0.241. The molecule has 0 saturated heterocycles. The third-order valence-corrected chi connectivity index (χ3v) is 3.45. The van der Waals surface area contributed by atoms with Gasteiger partial charge in [-0.3, -0.25) is 9.48 Å². The number of carbonyl (C=O) groups excluding carboxylic acids is 1. The number of aliphatic hydroxyl groups is 1. The Kier molecular flexibility index (Phi) is 4.98. The smallest absolute Gasteiger partial charge is 0.230 e. The minimum atomic E-state index is -0.263. The van der Waals surface area contributed by atoms with E-state index in [1.54, 1.807) is 28.9 Å².